The zero-order valence-corrected chi connectivity index (χ0v) is 17.1. The van der Waals surface area contributed by atoms with E-state index in [1.54, 1.807) is 6.92 Å². The molecule has 1 saturated heterocycles. The molecule has 0 unspecified atom stereocenters. The standard InChI is InChI=1S/C19H28N4O3S/c1-15-21-18(22-26-15)13-25-17-6-4-16(5-7-17)12-20-14-19(2,3)23-8-10-27(24)11-9-23/h4-7,20H,8-14H2,1-3H3. The first-order valence-electron chi connectivity index (χ1n) is 9.24. The fourth-order valence-corrected chi connectivity index (χ4v) is 4.17. The quantitative estimate of drug-likeness (QED) is 0.735. The molecule has 0 spiro atoms. The summed E-state index contributed by atoms with van der Waals surface area (Å²) in [5.41, 5.74) is 1.25. The molecule has 2 heterocycles. The number of hydrogen-bond acceptors (Lipinski definition) is 7. The highest BCUT2D eigenvalue weighted by atomic mass is 32.2. The molecule has 27 heavy (non-hydrogen) atoms. The first kappa shape index (κ1) is 20.0. The van der Waals surface area contributed by atoms with E-state index in [4.69, 9.17) is 9.26 Å². The molecule has 3 rings (SSSR count). The maximum Gasteiger partial charge on any atom is 0.223 e. The molecule has 0 bridgehead atoms. The highest BCUT2D eigenvalue weighted by molar-refractivity contribution is 7.85. The van der Waals surface area contributed by atoms with E-state index in [1.165, 1.54) is 5.56 Å². The lowest BCUT2D eigenvalue weighted by atomic mass is 10.0. The Morgan fingerprint density at radius 2 is 1.96 bits per heavy atom. The monoisotopic (exact) mass is 392 g/mol. The summed E-state index contributed by atoms with van der Waals surface area (Å²) in [5, 5.41) is 7.35. The van der Waals surface area contributed by atoms with Crippen LogP contribution in [0.5, 0.6) is 5.75 Å². The predicted octanol–water partition coefficient (Wildman–Crippen LogP) is 1.89. The number of benzene rings is 1. The number of nitrogens with one attached hydrogen (secondary N) is 1. The van der Waals surface area contributed by atoms with Crippen molar-refractivity contribution in [3.05, 3.63) is 41.5 Å². The maximum absolute atomic E-state index is 11.5. The van der Waals surface area contributed by atoms with Gasteiger partial charge < -0.3 is 14.6 Å². The minimum Gasteiger partial charge on any atom is -0.485 e. The molecule has 1 aliphatic heterocycles. The molecule has 0 radical (unpaired) electrons. The largest absolute Gasteiger partial charge is 0.485 e. The van der Waals surface area contributed by atoms with Gasteiger partial charge in [-0.25, -0.2) is 0 Å². The molecule has 1 aliphatic rings. The van der Waals surface area contributed by atoms with Crippen LogP contribution in [0.15, 0.2) is 28.8 Å². The van der Waals surface area contributed by atoms with Crippen molar-refractivity contribution < 1.29 is 13.5 Å². The molecule has 1 aromatic heterocycles. The van der Waals surface area contributed by atoms with Crippen molar-refractivity contribution in [3.63, 3.8) is 0 Å². The van der Waals surface area contributed by atoms with Crippen LogP contribution in [0.4, 0.5) is 0 Å². The Labute approximate surface area is 162 Å². The molecule has 2 aromatic rings. The Morgan fingerprint density at radius 3 is 2.59 bits per heavy atom. The van der Waals surface area contributed by atoms with E-state index in [9.17, 15) is 4.21 Å². The van der Waals surface area contributed by atoms with Crippen molar-refractivity contribution in [2.45, 2.75) is 39.5 Å². The van der Waals surface area contributed by atoms with Crippen molar-refractivity contribution in [2.24, 2.45) is 0 Å². The molecule has 1 aromatic carbocycles. The van der Waals surface area contributed by atoms with Crippen molar-refractivity contribution >= 4 is 10.8 Å². The maximum atomic E-state index is 11.5. The normalized spacial score (nSPS) is 16.6. The highest BCUT2D eigenvalue weighted by Crippen LogP contribution is 2.17. The third-order valence-electron chi connectivity index (χ3n) is 4.78. The summed E-state index contributed by atoms with van der Waals surface area (Å²) in [5.74, 6) is 3.43. The Kier molecular flexibility index (Phi) is 6.62. The van der Waals surface area contributed by atoms with Crippen LogP contribution >= 0.6 is 0 Å². The van der Waals surface area contributed by atoms with Gasteiger partial charge in [0.15, 0.2) is 6.61 Å². The third-order valence-corrected chi connectivity index (χ3v) is 6.06. The van der Waals surface area contributed by atoms with Crippen LogP contribution in [-0.2, 0) is 24.0 Å². The summed E-state index contributed by atoms with van der Waals surface area (Å²) in [7, 11) is -0.633. The van der Waals surface area contributed by atoms with Crippen LogP contribution in [-0.4, -0.2) is 55.9 Å². The Balaban J connectivity index is 1.42. The number of nitrogens with zero attached hydrogens (tertiary/aromatic N) is 3. The van der Waals surface area contributed by atoms with Crippen LogP contribution < -0.4 is 10.1 Å². The van der Waals surface area contributed by atoms with Gasteiger partial charge in [0, 0.05) is 60.9 Å². The molecular weight excluding hydrogens is 364 g/mol. The van der Waals surface area contributed by atoms with Crippen molar-refractivity contribution in [1.82, 2.24) is 20.4 Å². The van der Waals surface area contributed by atoms with Crippen LogP contribution in [0.1, 0.15) is 31.1 Å². The van der Waals surface area contributed by atoms with E-state index < -0.39 is 10.8 Å². The van der Waals surface area contributed by atoms with Gasteiger partial charge in [0.25, 0.3) is 0 Å². The lowest BCUT2D eigenvalue weighted by Gasteiger charge is -2.40. The van der Waals surface area contributed by atoms with Gasteiger partial charge in [-0.3, -0.25) is 9.11 Å². The predicted molar refractivity (Wildman–Crippen MR) is 105 cm³/mol. The van der Waals surface area contributed by atoms with Crippen molar-refractivity contribution in [2.75, 3.05) is 31.1 Å². The van der Waals surface area contributed by atoms with E-state index in [2.05, 4.69) is 46.3 Å². The lowest BCUT2D eigenvalue weighted by molar-refractivity contribution is 0.130. The van der Waals surface area contributed by atoms with Gasteiger partial charge in [-0.1, -0.05) is 17.3 Å². The zero-order chi connectivity index (χ0) is 19.3. The third kappa shape index (κ3) is 5.85. The minimum absolute atomic E-state index is 0.0520. The lowest BCUT2D eigenvalue weighted by Crippen LogP contribution is -2.55. The first-order chi connectivity index (χ1) is 12.9. The Hall–Kier alpha value is -1.77. The van der Waals surface area contributed by atoms with E-state index in [-0.39, 0.29) is 5.54 Å². The topological polar surface area (TPSA) is 80.5 Å². The Morgan fingerprint density at radius 1 is 1.26 bits per heavy atom. The molecule has 1 N–H and O–H groups in total. The molecule has 7 nitrogen and oxygen atoms in total. The number of aryl methyl sites for hydroxylation is 1. The molecule has 0 aliphatic carbocycles. The van der Waals surface area contributed by atoms with Gasteiger partial charge in [-0.05, 0) is 31.5 Å². The van der Waals surface area contributed by atoms with Gasteiger partial charge in [-0.15, -0.1) is 0 Å². The summed E-state index contributed by atoms with van der Waals surface area (Å²) in [6.45, 7) is 10.0. The van der Waals surface area contributed by atoms with Gasteiger partial charge in [-0.2, -0.15) is 4.98 Å². The molecule has 0 atom stereocenters. The van der Waals surface area contributed by atoms with Crippen LogP contribution in [0.2, 0.25) is 0 Å². The zero-order valence-electron chi connectivity index (χ0n) is 16.2. The van der Waals surface area contributed by atoms with Crippen molar-refractivity contribution in [3.8, 4) is 5.75 Å². The van der Waals surface area contributed by atoms with Crippen LogP contribution in [0, 0.1) is 6.92 Å². The number of hydrogen-bond donors (Lipinski definition) is 1. The number of rotatable bonds is 8. The summed E-state index contributed by atoms with van der Waals surface area (Å²) in [4.78, 5) is 6.54. The Bertz CT molecular complexity index is 751. The van der Waals surface area contributed by atoms with Crippen LogP contribution in [0.25, 0.3) is 0 Å². The molecule has 0 amide bonds. The highest BCUT2D eigenvalue weighted by Gasteiger charge is 2.29. The van der Waals surface area contributed by atoms with Crippen LogP contribution in [0.3, 0.4) is 0 Å². The number of ether oxygens (including phenoxy) is 1. The SMILES string of the molecule is Cc1nc(COc2ccc(CNCC(C)(C)N3CCS(=O)CC3)cc2)no1. The average molecular weight is 393 g/mol. The van der Waals surface area contributed by atoms with Gasteiger partial charge in [0.05, 0.1) is 0 Å². The second kappa shape index (κ2) is 8.95. The van der Waals surface area contributed by atoms with Crippen molar-refractivity contribution in [1.29, 1.82) is 0 Å². The number of aromatic nitrogens is 2. The van der Waals surface area contributed by atoms with E-state index >= 15 is 0 Å². The molecule has 8 heteroatoms. The first-order valence-corrected chi connectivity index (χ1v) is 10.7. The second-order valence-electron chi connectivity index (χ2n) is 7.41. The fourth-order valence-electron chi connectivity index (χ4n) is 3.12. The van der Waals surface area contributed by atoms with E-state index in [1.807, 2.05) is 12.1 Å². The minimum atomic E-state index is -0.633. The summed E-state index contributed by atoms with van der Waals surface area (Å²) < 4.78 is 22.1. The second-order valence-corrected chi connectivity index (χ2v) is 9.11. The van der Waals surface area contributed by atoms with Gasteiger partial charge in [0.2, 0.25) is 11.7 Å². The molecule has 1 fully saturated rings. The summed E-state index contributed by atoms with van der Waals surface area (Å²) >= 11 is 0. The summed E-state index contributed by atoms with van der Waals surface area (Å²) in [6.07, 6.45) is 0. The van der Waals surface area contributed by atoms with Gasteiger partial charge in [0.1, 0.15) is 5.75 Å². The molecule has 148 valence electrons. The van der Waals surface area contributed by atoms with E-state index in [0.717, 1.165) is 43.4 Å². The summed E-state index contributed by atoms with van der Waals surface area (Å²) in [6, 6.07) is 8.02. The average Bonchev–Trinajstić information content (AvgIpc) is 3.07. The van der Waals surface area contributed by atoms with E-state index in [0.29, 0.717) is 18.3 Å². The fraction of sp³-hybridized carbons (Fsp3) is 0.579. The van der Waals surface area contributed by atoms with Gasteiger partial charge >= 0.3 is 0 Å². The molecular formula is C19H28N4O3S. The molecule has 0 saturated carbocycles. The smallest absolute Gasteiger partial charge is 0.223 e.